The number of carbonyl (C=O) groups is 2. The van der Waals surface area contributed by atoms with Crippen LogP contribution in [-0.4, -0.2) is 54.1 Å². The Labute approximate surface area is 126 Å². The molecule has 2 aliphatic rings. The van der Waals surface area contributed by atoms with Crippen LogP contribution < -0.4 is 11.1 Å². The van der Waals surface area contributed by atoms with Gasteiger partial charge in [-0.1, -0.05) is 19.3 Å². The van der Waals surface area contributed by atoms with Gasteiger partial charge in [0.2, 0.25) is 11.8 Å². The number of amides is 2. The molecule has 1 aliphatic heterocycles. The zero-order valence-electron chi connectivity index (χ0n) is 13.1. The fourth-order valence-electron chi connectivity index (χ4n) is 3.13. The summed E-state index contributed by atoms with van der Waals surface area (Å²) in [6.07, 6.45) is 4.51. The lowest BCUT2D eigenvalue weighted by atomic mass is 9.81. The standard InChI is InChI=1S/C15H27N3O3/c1-11(2)17-13(19)12-10-21-9-8-18(12)14(20)15(16)6-4-3-5-7-15/h11-12H,3-10,16H2,1-2H3,(H,17,19). The maximum absolute atomic E-state index is 12.8. The normalized spacial score (nSPS) is 25.7. The molecule has 2 amide bonds. The minimum absolute atomic E-state index is 0.0397. The van der Waals surface area contributed by atoms with Gasteiger partial charge in [0.15, 0.2) is 0 Å². The highest BCUT2D eigenvalue weighted by Gasteiger charge is 2.43. The molecular weight excluding hydrogens is 270 g/mol. The Morgan fingerprint density at radius 3 is 2.57 bits per heavy atom. The summed E-state index contributed by atoms with van der Waals surface area (Å²) in [4.78, 5) is 26.8. The molecule has 6 heteroatoms. The van der Waals surface area contributed by atoms with Crippen molar-refractivity contribution in [3.05, 3.63) is 0 Å². The van der Waals surface area contributed by atoms with E-state index in [1.54, 1.807) is 4.90 Å². The number of morpholine rings is 1. The first-order valence-electron chi connectivity index (χ1n) is 7.92. The van der Waals surface area contributed by atoms with Gasteiger partial charge < -0.3 is 20.7 Å². The van der Waals surface area contributed by atoms with Crippen molar-refractivity contribution in [1.82, 2.24) is 10.2 Å². The van der Waals surface area contributed by atoms with E-state index < -0.39 is 11.6 Å². The highest BCUT2D eigenvalue weighted by atomic mass is 16.5. The van der Waals surface area contributed by atoms with Crippen LogP contribution in [0.5, 0.6) is 0 Å². The van der Waals surface area contributed by atoms with Crippen molar-refractivity contribution in [2.24, 2.45) is 5.73 Å². The van der Waals surface area contributed by atoms with E-state index in [4.69, 9.17) is 10.5 Å². The van der Waals surface area contributed by atoms with Gasteiger partial charge in [-0.2, -0.15) is 0 Å². The van der Waals surface area contributed by atoms with Crippen LogP contribution in [-0.2, 0) is 14.3 Å². The molecular formula is C15H27N3O3. The van der Waals surface area contributed by atoms with Crippen molar-refractivity contribution in [2.75, 3.05) is 19.8 Å². The summed E-state index contributed by atoms with van der Waals surface area (Å²) < 4.78 is 5.39. The molecule has 1 unspecified atom stereocenters. The molecule has 0 aromatic heterocycles. The molecule has 1 atom stereocenters. The first-order chi connectivity index (χ1) is 9.94. The fourth-order valence-corrected chi connectivity index (χ4v) is 3.13. The Morgan fingerprint density at radius 2 is 1.95 bits per heavy atom. The smallest absolute Gasteiger partial charge is 0.245 e. The molecule has 0 bridgehead atoms. The Morgan fingerprint density at radius 1 is 1.29 bits per heavy atom. The van der Waals surface area contributed by atoms with E-state index >= 15 is 0 Å². The number of nitrogens with zero attached hydrogens (tertiary/aromatic N) is 1. The molecule has 1 saturated heterocycles. The molecule has 21 heavy (non-hydrogen) atoms. The summed E-state index contributed by atoms with van der Waals surface area (Å²) in [5.41, 5.74) is 5.53. The van der Waals surface area contributed by atoms with Crippen LogP contribution in [0, 0.1) is 0 Å². The van der Waals surface area contributed by atoms with Crippen molar-refractivity contribution in [1.29, 1.82) is 0 Å². The van der Waals surface area contributed by atoms with Crippen molar-refractivity contribution in [3.63, 3.8) is 0 Å². The Balaban J connectivity index is 2.10. The Kier molecular flexibility index (Phi) is 5.22. The van der Waals surface area contributed by atoms with Crippen LogP contribution in [0.4, 0.5) is 0 Å². The van der Waals surface area contributed by atoms with Gasteiger partial charge in [0.05, 0.1) is 18.8 Å². The van der Waals surface area contributed by atoms with Crippen molar-refractivity contribution >= 4 is 11.8 Å². The summed E-state index contributed by atoms with van der Waals surface area (Å²) >= 11 is 0. The van der Waals surface area contributed by atoms with Gasteiger partial charge in [0.1, 0.15) is 6.04 Å². The summed E-state index contributed by atoms with van der Waals surface area (Å²) in [5.74, 6) is -0.244. The van der Waals surface area contributed by atoms with E-state index in [0.717, 1.165) is 19.3 Å². The van der Waals surface area contributed by atoms with E-state index in [2.05, 4.69) is 5.32 Å². The van der Waals surface area contributed by atoms with Crippen molar-refractivity contribution in [3.8, 4) is 0 Å². The maximum Gasteiger partial charge on any atom is 0.245 e. The SMILES string of the molecule is CC(C)NC(=O)C1COCCN1C(=O)C1(N)CCCCC1. The number of nitrogens with one attached hydrogen (secondary N) is 1. The van der Waals surface area contributed by atoms with Gasteiger partial charge in [-0.05, 0) is 26.7 Å². The fraction of sp³-hybridized carbons (Fsp3) is 0.867. The molecule has 1 heterocycles. The summed E-state index contributed by atoms with van der Waals surface area (Å²) in [5, 5.41) is 2.86. The van der Waals surface area contributed by atoms with Crippen LogP contribution in [0.3, 0.4) is 0 Å². The Hall–Kier alpha value is -1.14. The van der Waals surface area contributed by atoms with Gasteiger partial charge in [-0.3, -0.25) is 9.59 Å². The highest BCUT2D eigenvalue weighted by molar-refractivity contribution is 5.92. The van der Waals surface area contributed by atoms with Crippen LogP contribution in [0.15, 0.2) is 0 Å². The zero-order chi connectivity index (χ0) is 15.5. The van der Waals surface area contributed by atoms with E-state index in [1.165, 1.54) is 0 Å². The second-order valence-electron chi connectivity index (χ2n) is 6.47. The molecule has 0 aromatic rings. The van der Waals surface area contributed by atoms with Gasteiger partial charge in [-0.25, -0.2) is 0 Å². The highest BCUT2D eigenvalue weighted by Crippen LogP contribution is 2.28. The average molecular weight is 297 g/mol. The largest absolute Gasteiger partial charge is 0.377 e. The van der Waals surface area contributed by atoms with Gasteiger partial charge in [0, 0.05) is 12.6 Å². The number of carbonyl (C=O) groups excluding carboxylic acids is 2. The molecule has 6 nitrogen and oxygen atoms in total. The lowest BCUT2D eigenvalue weighted by Gasteiger charge is -2.41. The molecule has 0 radical (unpaired) electrons. The number of rotatable bonds is 3. The topological polar surface area (TPSA) is 84.7 Å². The van der Waals surface area contributed by atoms with Gasteiger partial charge >= 0.3 is 0 Å². The van der Waals surface area contributed by atoms with Gasteiger partial charge in [-0.15, -0.1) is 0 Å². The van der Waals surface area contributed by atoms with Crippen molar-refractivity contribution < 1.29 is 14.3 Å². The predicted octanol–water partition coefficient (Wildman–Crippen LogP) is 0.400. The van der Waals surface area contributed by atoms with E-state index in [-0.39, 0.29) is 24.5 Å². The van der Waals surface area contributed by atoms with E-state index in [1.807, 2.05) is 13.8 Å². The molecule has 0 aromatic carbocycles. The number of hydrogen-bond acceptors (Lipinski definition) is 4. The van der Waals surface area contributed by atoms with Crippen LogP contribution in [0.2, 0.25) is 0 Å². The minimum atomic E-state index is -0.800. The quantitative estimate of drug-likeness (QED) is 0.790. The van der Waals surface area contributed by atoms with Crippen LogP contribution in [0.25, 0.3) is 0 Å². The molecule has 1 saturated carbocycles. The number of hydrogen-bond donors (Lipinski definition) is 2. The third-order valence-electron chi connectivity index (χ3n) is 4.29. The van der Waals surface area contributed by atoms with Crippen LogP contribution >= 0.6 is 0 Å². The molecule has 2 fully saturated rings. The van der Waals surface area contributed by atoms with Crippen molar-refractivity contribution in [2.45, 2.75) is 63.6 Å². The lowest BCUT2D eigenvalue weighted by molar-refractivity contribution is -0.153. The number of nitrogens with two attached hydrogens (primary N) is 1. The van der Waals surface area contributed by atoms with Crippen LogP contribution in [0.1, 0.15) is 46.0 Å². The molecule has 2 rings (SSSR count). The molecule has 0 spiro atoms. The second-order valence-corrected chi connectivity index (χ2v) is 6.47. The predicted molar refractivity (Wildman–Crippen MR) is 79.6 cm³/mol. The summed E-state index contributed by atoms with van der Waals surface area (Å²) in [7, 11) is 0. The summed E-state index contributed by atoms with van der Waals surface area (Å²) in [6, 6.07) is -0.520. The first-order valence-corrected chi connectivity index (χ1v) is 7.92. The number of ether oxygens (including phenoxy) is 1. The zero-order valence-corrected chi connectivity index (χ0v) is 13.1. The maximum atomic E-state index is 12.8. The third kappa shape index (κ3) is 3.74. The lowest BCUT2D eigenvalue weighted by Crippen LogP contribution is -2.64. The molecule has 1 aliphatic carbocycles. The van der Waals surface area contributed by atoms with E-state index in [9.17, 15) is 9.59 Å². The Bertz CT molecular complexity index is 392. The molecule has 120 valence electrons. The first kappa shape index (κ1) is 16.2. The minimum Gasteiger partial charge on any atom is -0.377 e. The van der Waals surface area contributed by atoms with E-state index in [0.29, 0.717) is 26.0 Å². The third-order valence-corrected chi connectivity index (χ3v) is 4.29. The molecule has 3 N–H and O–H groups in total. The second kappa shape index (κ2) is 6.75. The average Bonchev–Trinajstić information content (AvgIpc) is 2.46. The van der Waals surface area contributed by atoms with Gasteiger partial charge in [0.25, 0.3) is 0 Å². The summed E-state index contributed by atoms with van der Waals surface area (Å²) in [6.45, 7) is 4.96. The monoisotopic (exact) mass is 297 g/mol.